The Morgan fingerprint density at radius 3 is 2.86 bits per heavy atom. The van der Waals surface area contributed by atoms with Crippen LogP contribution in [0.1, 0.15) is 31.7 Å². The molecule has 1 aliphatic heterocycles. The van der Waals surface area contributed by atoms with Crippen molar-refractivity contribution in [2.45, 2.75) is 31.7 Å². The molecule has 112 valence electrons. The first kappa shape index (κ1) is 13.1. The minimum absolute atomic E-state index is 0.155. The van der Waals surface area contributed by atoms with E-state index < -0.39 is 0 Å². The molecule has 2 aliphatic carbocycles. The first-order chi connectivity index (χ1) is 10.3. The second-order valence-corrected chi connectivity index (χ2v) is 6.57. The molecule has 1 aromatic heterocycles. The summed E-state index contributed by atoms with van der Waals surface area (Å²) in [6.07, 6.45) is 12.6. The maximum Gasteiger partial charge on any atom is 0.228 e. The van der Waals surface area contributed by atoms with Crippen molar-refractivity contribution in [3.8, 4) is 0 Å². The smallest absolute Gasteiger partial charge is 0.228 e. The topological polar surface area (TPSA) is 59.0 Å². The lowest BCUT2D eigenvalue weighted by Gasteiger charge is -2.22. The fourth-order valence-corrected chi connectivity index (χ4v) is 3.99. The van der Waals surface area contributed by atoms with Crippen molar-refractivity contribution >= 4 is 11.6 Å². The van der Waals surface area contributed by atoms with E-state index in [-0.39, 0.29) is 11.8 Å². The van der Waals surface area contributed by atoms with E-state index in [1.165, 1.54) is 0 Å². The van der Waals surface area contributed by atoms with Crippen LogP contribution in [0.2, 0.25) is 0 Å². The van der Waals surface area contributed by atoms with Crippen LogP contribution in [0.25, 0.3) is 0 Å². The van der Waals surface area contributed by atoms with Crippen LogP contribution in [-0.4, -0.2) is 28.8 Å². The SMILES string of the molecule is O=C(Nc1cnn(C2CCNCC2)c1)C1CC2C=CC1C2. The highest BCUT2D eigenvalue weighted by molar-refractivity contribution is 5.93. The van der Waals surface area contributed by atoms with E-state index in [4.69, 9.17) is 0 Å². The Morgan fingerprint density at radius 1 is 1.29 bits per heavy atom. The Labute approximate surface area is 124 Å². The number of amides is 1. The van der Waals surface area contributed by atoms with E-state index in [2.05, 4.69) is 27.9 Å². The van der Waals surface area contributed by atoms with Gasteiger partial charge in [-0.3, -0.25) is 9.48 Å². The lowest BCUT2D eigenvalue weighted by atomic mass is 9.93. The zero-order chi connectivity index (χ0) is 14.2. The average Bonchev–Trinajstić information content (AvgIpc) is 3.24. The quantitative estimate of drug-likeness (QED) is 0.835. The molecule has 4 rings (SSSR count). The lowest BCUT2D eigenvalue weighted by molar-refractivity contribution is -0.120. The summed E-state index contributed by atoms with van der Waals surface area (Å²) in [5, 5.41) is 10.8. The molecule has 21 heavy (non-hydrogen) atoms. The number of rotatable bonds is 3. The van der Waals surface area contributed by atoms with Gasteiger partial charge < -0.3 is 10.6 Å². The maximum absolute atomic E-state index is 12.4. The Balaban J connectivity index is 1.39. The van der Waals surface area contributed by atoms with E-state index in [0.29, 0.717) is 17.9 Å². The van der Waals surface area contributed by atoms with Gasteiger partial charge >= 0.3 is 0 Å². The molecule has 3 aliphatic rings. The normalized spacial score (nSPS) is 31.7. The van der Waals surface area contributed by atoms with Gasteiger partial charge in [0.05, 0.1) is 17.9 Å². The number of hydrogen-bond donors (Lipinski definition) is 2. The highest BCUT2D eigenvalue weighted by Gasteiger charge is 2.39. The molecule has 1 amide bonds. The third-order valence-electron chi connectivity index (χ3n) is 5.17. The van der Waals surface area contributed by atoms with Crippen LogP contribution in [0.5, 0.6) is 0 Å². The maximum atomic E-state index is 12.4. The summed E-state index contributed by atoms with van der Waals surface area (Å²) in [7, 11) is 0. The minimum atomic E-state index is 0.155. The first-order valence-corrected chi connectivity index (χ1v) is 8.03. The molecule has 0 aromatic carbocycles. The molecule has 3 atom stereocenters. The molecule has 2 bridgehead atoms. The van der Waals surface area contributed by atoms with Crippen molar-refractivity contribution in [1.29, 1.82) is 0 Å². The molecule has 2 heterocycles. The first-order valence-electron chi connectivity index (χ1n) is 8.03. The van der Waals surface area contributed by atoms with Gasteiger partial charge in [0, 0.05) is 12.1 Å². The van der Waals surface area contributed by atoms with Crippen LogP contribution >= 0.6 is 0 Å². The van der Waals surface area contributed by atoms with Crippen molar-refractivity contribution in [2.75, 3.05) is 18.4 Å². The molecular formula is C16H22N4O. The lowest BCUT2D eigenvalue weighted by Crippen LogP contribution is -2.29. The number of hydrogen-bond acceptors (Lipinski definition) is 3. The van der Waals surface area contributed by atoms with E-state index in [0.717, 1.165) is 44.5 Å². The minimum Gasteiger partial charge on any atom is -0.323 e. The number of nitrogens with zero attached hydrogens (tertiary/aromatic N) is 2. The van der Waals surface area contributed by atoms with Gasteiger partial charge in [0.15, 0.2) is 0 Å². The van der Waals surface area contributed by atoms with Crippen LogP contribution in [0.3, 0.4) is 0 Å². The summed E-state index contributed by atoms with van der Waals surface area (Å²) >= 11 is 0. The summed E-state index contributed by atoms with van der Waals surface area (Å²) in [5.41, 5.74) is 0.838. The zero-order valence-electron chi connectivity index (χ0n) is 12.2. The summed E-state index contributed by atoms with van der Waals surface area (Å²) in [5.74, 6) is 1.40. The third-order valence-corrected chi connectivity index (χ3v) is 5.17. The molecule has 5 heteroatoms. The van der Waals surface area contributed by atoms with Crippen LogP contribution in [0, 0.1) is 17.8 Å². The van der Waals surface area contributed by atoms with E-state index in [9.17, 15) is 4.79 Å². The van der Waals surface area contributed by atoms with Crippen LogP contribution in [-0.2, 0) is 4.79 Å². The summed E-state index contributed by atoms with van der Waals surface area (Å²) in [6, 6.07) is 0.460. The number of nitrogens with one attached hydrogen (secondary N) is 2. The van der Waals surface area contributed by atoms with Crippen molar-refractivity contribution < 1.29 is 4.79 Å². The standard InChI is InChI=1S/C16H22N4O/c21-16(15-8-11-1-2-12(15)7-11)19-13-9-18-20(10-13)14-3-5-17-6-4-14/h1-2,9-12,14-15,17H,3-8H2,(H,19,21). The highest BCUT2D eigenvalue weighted by Crippen LogP contribution is 2.43. The van der Waals surface area contributed by atoms with Gasteiger partial charge in [0.25, 0.3) is 0 Å². The number of fused-ring (bicyclic) bond motifs is 2. The molecule has 3 unspecified atom stereocenters. The molecule has 0 spiro atoms. The van der Waals surface area contributed by atoms with E-state index in [1.807, 2.05) is 10.9 Å². The fraction of sp³-hybridized carbons (Fsp3) is 0.625. The molecular weight excluding hydrogens is 264 g/mol. The van der Waals surface area contributed by atoms with Gasteiger partial charge in [0.1, 0.15) is 0 Å². The van der Waals surface area contributed by atoms with Gasteiger partial charge in [-0.1, -0.05) is 12.2 Å². The molecule has 2 N–H and O–H groups in total. The second kappa shape index (κ2) is 5.30. The average molecular weight is 286 g/mol. The molecule has 0 radical (unpaired) electrons. The fourth-order valence-electron chi connectivity index (χ4n) is 3.99. The number of anilines is 1. The van der Waals surface area contributed by atoms with Crippen molar-refractivity contribution in [1.82, 2.24) is 15.1 Å². The zero-order valence-corrected chi connectivity index (χ0v) is 12.2. The van der Waals surface area contributed by atoms with Crippen molar-refractivity contribution in [3.05, 3.63) is 24.5 Å². The molecule has 5 nitrogen and oxygen atoms in total. The monoisotopic (exact) mass is 286 g/mol. The Kier molecular flexibility index (Phi) is 3.30. The van der Waals surface area contributed by atoms with E-state index in [1.54, 1.807) is 6.20 Å². The number of carbonyl (C=O) groups excluding carboxylic acids is 1. The van der Waals surface area contributed by atoms with Crippen molar-refractivity contribution in [3.63, 3.8) is 0 Å². The number of allylic oxidation sites excluding steroid dienone is 2. The van der Waals surface area contributed by atoms with Gasteiger partial charge in [-0.15, -0.1) is 0 Å². The van der Waals surface area contributed by atoms with Gasteiger partial charge in [-0.2, -0.15) is 5.10 Å². The Bertz CT molecular complexity index is 558. The summed E-state index contributed by atoms with van der Waals surface area (Å²) in [4.78, 5) is 12.4. The number of piperidine rings is 1. The highest BCUT2D eigenvalue weighted by atomic mass is 16.1. The molecule has 1 saturated carbocycles. The predicted molar refractivity (Wildman–Crippen MR) is 80.8 cm³/mol. The molecule has 1 aromatic rings. The predicted octanol–water partition coefficient (Wildman–Crippen LogP) is 1.96. The van der Waals surface area contributed by atoms with Crippen LogP contribution < -0.4 is 10.6 Å². The number of carbonyl (C=O) groups is 1. The largest absolute Gasteiger partial charge is 0.323 e. The molecule has 1 saturated heterocycles. The Hall–Kier alpha value is -1.62. The van der Waals surface area contributed by atoms with Crippen molar-refractivity contribution in [2.24, 2.45) is 17.8 Å². The summed E-state index contributed by atoms with van der Waals surface area (Å²) < 4.78 is 2.01. The molecule has 2 fully saturated rings. The van der Waals surface area contributed by atoms with Gasteiger partial charge in [-0.25, -0.2) is 0 Å². The van der Waals surface area contributed by atoms with Crippen LogP contribution in [0.15, 0.2) is 24.5 Å². The second-order valence-electron chi connectivity index (χ2n) is 6.57. The van der Waals surface area contributed by atoms with E-state index >= 15 is 0 Å². The third kappa shape index (κ3) is 2.50. The Morgan fingerprint density at radius 2 is 2.14 bits per heavy atom. The number of aromatic nitrogens is 2. The van der Waals surface area contributed by atoms with Gasteiger partial charge in [-0.05, 0) is 50.6 Å². The van der Waals surface area contributed by atoms with Gasteiger partial charge in [0.2, 0.25) is 5.91 Å². The van der Waals surface area contributed by atoms with Crippen LogP contribution in [0.4, 0.5) is 5.69 Å². The summed E-state index contributed by atoms with van der Waals surface area (Å²) in [6.45, 7) is 2.09.